The van der Waals surface area contributed by atoms with Crippen LogP contribution in [0.25, 0.3) is 0 Å². The van der Waals surface area contributed by atoms with Crippen molar-refractivity contribution in [3.05, 3.63) is 65.4 Å². The van der Waals surface area contributed by atoms with Crippen LogP contribution in [0.4, 0.5) is 5.69 Å². The van der Waals surface area contributed by atoms with Crippen LogP contribution in [-0.2, 0) is 0 Å². The Labute approximate surface area is 103 Å². The first-order valence-corrected chi connectivity index (χ1v) is 5.20. The van der Waals surface area contributed by atoms with Crippen LogP contribution < -0.4 is 9.96 Å². The fourth-order valence-corrected chi connectivity index (χ4v) is 1.41. The molecule has 0 amide bonds. The first-order chi connectivity index (χ1) is 8.66. The maximum absolute atomic E-state index is 11.8. The molecule has 0 aliphatic heterocycles. The Balaban J connectivity index is 2.16. The average molecular weight is 244 g/mol. The van der Waals surface area contributed by atoms with E-state index in [1.54, 1.807) is 30.3 Å². The molecule has 0 fully saturated rings. The zero-order valence-electron chi connectivity index (χ0n) is 9.32. The molecule has 1 N–H and O–H groups in total. The summed E-state index contributed by atoms with van der Waals surface area (Å²) < 4.78 is 5.09. The van der Waals surface area contributed by atoms with E-state index < -0.39 is 5.97 Å². The highest BCUT2D eigenvalue weighted by molar-refractivity contribution is 5.92. The van der Waals surface area contributed by atoms with Crippen molar-refractivity contribution >= 4 is 11.7 Å². The molecule has 0 spiro atoms. The van der Waals surface area contributed by atoms with Gasteiger partial charge in [-0.25, -0.2) is 4.79 Å². The van der Waals surface area contributed by atoms with E-state index in [1.165, 1.54) is 24.3 Å². The molecule has 2 aromatic rings. The number of para-hydroxylation sites is 1. The second-order valence-electron chi connectivity index (χ2n) is 3.53. The Morgan fingerprint density at radius 2 is 1.83 bits per heavy atom. The third-order valence-corrected chi connectivity index (χ3v) is 2.26. The summed E-state index contributed by atoms with van der Waals surface area (Å²) >= 11 is 0. The minimum absolute atomic E-state index is 0.0301. The fraction of sp³-hybridized carbons (Fsp3) is 0. The van der Waals surface area contributed by atoms with Crippen molar-refractivity contribution in [1.29, 1.82) is 0 Å². The van der Waals surface area contributed by atoms with Crippen molar-refractivity contribution in [2.45, 2.75) is 0 Å². The number of anilines is 1. The Bertz CT molecular complexity index is 540. The molecule has 0 saturated carbocycles. The summed E-state index contributed by atoms with van der Waals surface area (Å²) in [5.74, 6) is -0.180. The molecule has 0 radical (unpaired) electrons. The van der Waals surface area contributed by atoms with Crippen molar-refractivity contribution in [1.82, 2.24) is 0 Å². The zero-order chi connectivity index (χ0) is 13.0. The lowest BCUT2D eigenvalue weighted by molar-refractivity contribution is 0.0735. The molecule has 2 aromatic carbocycles. The lowest BCUT2D eigenvalue weighted by Crippen LogP contribution is -2.11. The Morgan fingerprint density at radius 1 is 1.11 bits per heavy atom. The van der Waals surface area contributed by atoms with Gasteiger partial charge < -0.3 is 15.2 Å². The molecular formula is C13H10NO4-. The summed E-state index contributed by atoms with van der Waals surface area (Å²) in [5, 5.41) is 19.1. The van der Waals surface area contributed by atoms with Crippen LogP contribution in [0.15, 0.2) is 54.6 Å². The quantitative estimate of drug-likeness (QED) is 0.510. The van der Waals surface area contributed by atoms with Gasteiger partial charge in [0.15, 0.2) is 0 Å². The molecule has 0 unspecified atom stereocenters. The van der Waals surface area contributed by atoms with Crippen molar-refractivity contribution in [3.8, 4) is 5.75 Å². The predicted octanol–water partition coefficient (Wildman–Crippen LogP) is 2.60. The molecular weight excluding hydrogens is 234 g/mol. The molecule has 0 aliphatic rings. The van der Waals surface area contributed by atoms with E-state index in [1.807, 2.05) is 0 Å². The summed E-state index contributed by atoms with van der Waals surface area (Å²) in [5.41, 5.74) is 0.156. The van der Waals surface area contributed by atoms with Gasteiger partial charge in [0.25, 0.3) is 0 Å². The first-order valence-electron chi connectivity index (χ1n) is 5.20. The minimum atomic E-state index is -0.593. The highest BCUT2D eigenvalue weighted by Gasteiger charge is 2.09. The summed E-state index contributed by atoms with van der Waals surface area (Å²) in [7, 11) is 0. The number of benzene rings is 2. The molecule has 18 heavy (non-hydrogen) atoms. The van der Waals surface area contributed by atoms with Gasteiger partial charge in [0, 0.05) is 0 Å². The molecule has 0 aromatic heterocycles. The van der Waals surface area contributed by atoms with E-state index in [4.69, 9.17) is 9.94 Å². The van der Waals surface area contributed by atoms with Gasteiger partial charge in [0.05, 0.1) is 11.3 Å². The summed E-state index contributed by atoms with van der Waals surface area (Å²) in [4.78, 5) is 11.8. The Morgan fingerprint density at radius 3 is 2.50 bits per heavy atom. The minimum Gasteiger partial charge on any atom is -0.733 e. The Kier molecular flexibility index (Phi) is 3.57. The molecule has 5 heteroatoms. The zero-order valence-corrected chi connectivity index (χ0v) is 9.32. The van der Waals surface area contributed by atoms with Crippen LogP contribution in [0, 0.1) is 5.21 Å². The van der Waals surface area contributed by atoms with Gasteiger partial charge in [-0.3, -0.25) is 5.21 Å². The standard InChI is InChI=1S/C13H10NO4/c15-13(18-12-7-2-1-3-8-12)10-5-4-6-11(9-10)14(16)17/h1-9,16H/q-1. The van der Waals surface area contributed by atoms with E-state index in [0.717, 1.165) is 0 Å². The maximum atomic E-state index is 11.8. The smallest absolute Gasteiger partial charge is 0.343 e. The first kappa shape index (κ1) is 12.1. The van der Waals surface area contributed by atoms with Crippen molar-refractivity contribution in [3.63, 3.8) is 0 Å². The van der Waals surface area contributed by atoms with E-state index in [0.29, 0.717) is 5.75 Å². The highest BCUT2D eigenvalue weighted by atomic mass is 16.8. The van der Waals surface area contributed by atoms with Crippen LogP contribution in [0.5, 0.6) is 5.75 Å². The number of carbonyl (C=O) groups is 1. The molecule has 0 aliphatic carbocycles. The molecule has 0 heterocycles. The fourth-order valence-electron chi connectivity index (χ4n) is 1.41. The van der Waals surface area contributed by atoms with E-state index in [2.05, 4.69) is 0 Å². The number of esters is 1. The van der Waals surface area contributed by atoms with Crippen molar-refractivity contribution < 1.29 is 14.7 Å². The predicted molar refractivity (Wildman–Crippen MR) is 65.5 cm³/mol. The van der Waals surface area contributed by atoms with Crippen LogP contribution in [-0.4, -0.2) is 11.2 Å². The lowest BCUT2D eigenvalue weighted by Gasteiger charge is -2.21. The van der Waals surface area contributed by atoms with Crippen LogP contribution in [0.3, 0.4) is 0 Å². The monoisotopic (exact) mass is 244 g/mol. The maximum Gasteiger partial charge on any atom is 0.343 e. The number of hydrogen-bond donors (Lipinski definition) is 1. The lowest BCUT2D eigenvalue weighted by atomic mass is 10.2. The third kappa shape index (κ3) is 2.85. The van der Waals surface area contributed by atoms with Crippen molar-refractivity contribution in [2.24, 2.45) is 0 Å². The molecule has 92 valence electrons. The summed E-state index contributed by atoms with van der Waals surface area (Å²) in [6, 6.07) is 14.2. The summed E-state index contributed by atoms with van der Waals surface area (Å²) in [6.07, 6.45) is 0. The van der Waals surface area contributed by atoms with Gasteiger partial charge in [0.2, 0.25) is 0 Å². The molecule has 0 bridgehead atoms. The number of ether oxygens (including phenoxy) is 1. The van der Waals surface area contributed by atoms with Gasteiger partial charge in [-0.1, -0.05) is 24.3 Å². The third-order valence-electron chi connectivity index (χ3n) is 2.26. The largest absolute Gasteiger partial charge is 0.733 e. The van der Waals surface area contributed by atoms with Crippen LogP contribution in [0.2, 0.25) is 0 Å². The summed E-state index contributed by atoms with van der Waals surface area (Å²) in [6.45, 7) is 0. The van der Waals surface area contributed by atoms with Gasteiger partial charge in [0.1, 0.15) is 5.75 Å². The topological polar surface area (TPSA) is 72.8 Å². The van der Waals surface area contributed by atoms with Crippen molar-refractivity contribution in [2.75, 3.05) is 5.23 Å². The molecule has 5 nitrogen and oxygen atoms in total. The number of carbonyl (C=O) groups excluding carboxylic acids is 1. The van der Waals surface area contributed by atoms with Gasteiger partial charge in [-0.05, 0) is 30.3 Å². The Hall–Kier alpha value is -2.37. The van der Waals surface area contributed by atoms with E-state index in [9.17, 15) is 10.0 Å². The average Bonchev–Trinajstić information content (AvgIpc) is 2.40. The normalized spacial score (nSPS) is 9.89. The highest BCUT2D eigenvalue weighted by Crippen LogP contribution is 2.16. The van der Waals surface area contributed by atoms with E-state index >= 15 is 0 Å². The second-order valence-corrected chi connectivity index (χ2v) is 3.53. The van der Waals surface area contributed by atoms with E-state index in [-0.39, 0.29) is 16.5 Å². The molecule has 0 saturated heterocycles. The second kappa shape index (κ2) is 5.31. The van der Waals surface area contributed by atoms with Crippen LogP contribution in [0.1, 0.15) is 10.4 Å². The number of nitrogens with zero attached hydrogens (tertiary/aromatic N) is 1. The van der Waals surface area contributed by atoms with Gasteiger partial charge in [-0.15, -0.1) is 0 Å². The molecule has 0 atom stereocenters. The number of rotatable bonds is 3. The van der Waals surface area contributed by atoms with Crippen LogP contribution >= 0.6 is 0 Å². The number of hydrogen-bond acceptors (Lipinski definition) is 5. The molecule has 2 rings (SSSR count). The van der Waals surface area contributed by atoms with Gasteiger partial charge in [-0.2, -0.15) is 0 Å². The SMILES string of the molecule is O=C(Oc1ccccc1)c1cccc(N([O-])O)c1. The van der Waals surface area contributed by atoms with Gasteiger partial charge >= 0.3 is 5.97 Å².